The van der Waals surface area contributed by atoms with Crippen LogP contribution in [0.2, 0.25) is 0 Å². The van der Waals surface area contributed by atoms with Crippen molar-refractivity contribution in [3.63, 3.8) is 0 Å². The minimum Gasteiger partial charge on any atom is -0.370 e. The largest absolute Gasteiger partial charge is 0.370 e. The highest BCUT2D eigenvalue weighted by atomic mass is 15.1. The second-order valence-electron chi connectivity index (χ2n) is 7.79. The third-order valence-corrected chi connectivity index (χ3v) is 5.77. The van der Waals surface area contributed by atoms with E-state index in [0.29, 0.717) is 11.8 Å². The molecule has 1 aliphatic rings. The van der Waals surface area contributed by atoms with Gasteiger partial charge in [-0.25, -0.2) is 9.97 Å². The van der Waals surface area contributed by atoms with Gasteiger partial charge in [0.2, 0.25) is 0 Å². The van der Waals surface area contributed by atoms with E-state index in [9.17, 15) is 0 Å². The van der Waals surface area contributed by atoms with Gasteiger partial charge >= 0.3 is 0 Å². The highest BCUT2D eigenvalue weighted by molar-refractivity contribution is 5.78. The lowest BCUT2D eigenvalue weighted by atomic mass is 9.82. The van der Waals surface area contributed by atoms with Crippen molar-refractivity contribution in [2.24, 2.45) is 5.92 Å². The average Bonchev–Trinajstić information content (AvgIpc) is 3.12. The van der Waals surface area contributed by atoms with Crippen molar-refractivity contribution in [3.8, 4) is 0 Å². The predicted molar refractivity (Wildman–Crippen MR) is 111 cm³/mol. The quantitative estimate of drug-likeness (QED) is 0.645. The first kappa shape index (κ1) is 18.0. The maximum absolute atomic E-state index is 4.99. The van der Waals surface area contributed by atoms with E-state index >= 15 is 0 Å². The number of pyridine rings is 1. The third-order valence-electron chi connectivity index (χ3n) is 5.77. The van der Waals surface area contributed by atoms with Crippen LogP contribution < -0.4 is 5.32 Å². The van der Waals surface area contributed by atoms with Gasteiger partial charge in [-0.1, -0.05) is 18.2 Å². The molecule has 0 aliphatic carbocycles. The number of aromatic nitrogens is 3. The van der Waals surface area contributed by atoms with Gasteiger partial charge in [0.05, 0.1) is 11.0 Å². The number of benzene rings is 1. The Balaban J connectivity index is 1.43. The van der Waals surface area contributed by atoms with E-state index in [2.05, 4.69) is 52.4 Å². The lowest BCUT2D eigenvalue weighted by Gasteiger charge is -2.36. The number of hydrogen-bond acceptors (Lipinski definition) is 4. The minimum absolute atomic E-state index is 0.477. The number of hydrogen-bond donors (Lipinski definition) is 2. The molecule has 5 nitrogen and oxygen atoms in total. The zero-order chi connectivity index (χ0) is 18.6. The van der Waals surface area contributed by atoms with Crippen molar-refractivity contribution in [1.82, 2.24) is 19.9 Å². The summed E-state index contributed by atoms with van der Waals surface area (Å²) in [5.41, 5.74) is 3.53. The standard InChI is InChI=1S/C22H29N5/c1-16-7-5-9-19-21(16)26-22(25-19)18-15-27(2)14-11-17(18)8-6-13-24-20-10-3-4-12-23-20/h3-5,7,9-10,12,17-18H,6,8,11,13-15H2,1-2H3,(H,23,24)(H,25,26). The monoisotopic (exact) mass is 363 g/mol. The molecular weight excluding hydrogens is 334 g/mol. The van der Waals surface area contributed by atoms with Gasteiger partial charge < -0.3 is 15.2 Å². The minimum atomic E-state index is 0.477. The van der Waals surface area contributed by atoms with E-state index in [1.807, 2.05) is 24.4 Å². The molecule has 0 bridgehead atoms. The lowest BCUT2D eigenvalue weighted by molar-refractivity contribution is 0.176. The predicted octanol–water partition coefficient (Wildman–Crippen LogP) is 4.19. The first-order valence-corrected chi connectivity index (χ1v) is 9.99. The summed E-state index contributed by atoms with van der Waals surface area (Å²) < 4.78 is 0. The van der Waals surface area contributed by atoms with Crippen LogP contribution in [0.1, 0.15) is 36.6 Å². The second-order valence-corrected chi connectivity index (χ2v) is 7.79. The lowest BCUT2D eigenvalue weighted by Crippen LogP contribution is -2.37. The van der Waals surface area contributed by atoms with Gasteiger partial charge in [0.25, 0.3) is 0 Å². The molecule has 0 radical (unpaired) electrons. The van der Waals surface area contributed by atoms with E-state index in [1.165, 1.54) is 24.9 Å². The number of rotatable bonds is 6. The van der Waals surface area contributed by atoms with Gasteiger partial charge in [0.1, 0.15) is 11.6 Å². The molecule has 27 heavy (non-hydrogen) atoms. The molecule has 142 valence electrons. The molecular formula is C22H29N5. The number of aryl methyl sites for hydroxylation is 1. The van der Waals surface area contributed by atoms with Crippen LogP contribution in [0.4, 0.5) is 5.82 Å². The summed E-state index contributed by atoms with van der Waals surface area (Å²) in [6.07, 6.45) is 5.44. The smallest absolute Gasteiger partial charge is 0.125 e. The highest BCUT2D eigenvalue weighted by Crippen LogP contribution is 2.34. The van der Waals surface area contributed by atoms with Crippen molar-refractivity contribution < 1.29 is 0 Å². The summed E-state index contributed by atoms with van der Waals surface area (Å²) >= 11 is 0. The summed E-state index contributed by atoms with van der Waals surface area (Å²) in [6, 6.07) is 12.4. The van der Waals surface area contributed by atoms with Gasteiger partial charge in [0.15, 0.2) is 0 Å². The highest BCUT2D eigenvalue weighted by Gasteiger charge is 2.30. The van der Waals surface area contributed by atoms with Crippen molar-refractivity contribution in [2.75, 3.05) is 32.0 Å². The third kappa shape index (κ3) is 4.14. The normalized spacial score (nSPS) is 20.8. The molecule has 5 heteroatoms. The number of H-pyrrole nitrogens is 1. The molecule has 3 heterocycles. The number of imidazole rings is 1. The maximum Gasteiger partial charge on any atom is 0.125 e. The van der Waals surface area contributed by atoms with Gasteiger partial charge in [-0.05, 0) is 69.5 Å². The molecule has 2 unspecified atom stereocenters. The Hall–Kier alpha value is -2.40. The van der Waals surface area contributed by atoms with E-state index in [0.717, 1.165) is 42.2 Å². The second kappa shape index (κ2) is 8.09. The summed E-state index contributed by atoms with van der Waals surface area (Å²) in [7, 11) is 2.22. The number of aromatic amines is 1. The van der Waals surface area contributed by atoms with Crippen LogP contribution in [0.15, 0.2) is 42.6 Å². The summed E-state index contributed by atoms with van der Waals surface area (Å²) in [4.78, 5) is 15.4. The summed E-state index contributed by atoms with van der Waals surface area (Å²) in [5.74, 6) is 3.27. The van der Waals surface area contributed by atoms with Crippen molar-refractivity contribution >= 4 is 16.9 Å². The number of para-hydroxylation sites is 1. The van der Waals surface area contributed by atoms with Gasteiger partial charge in [0, 0.05) is 25.2 Å². The number of likely N-dealkylation sites (tertiary alicyclic amines) is 1. The summed E-state index contributed by atoms with van der Waals surface area (Å²) in [5, 5.41) is 3.43. The Labute approximate surface area is 161 Å². The first-order valence-electron chi connectivity index (χ1n) is 9.99. The molecule has 1 aromatic carbocycles. The van der Waals surface area contributed by atoms with E-state index in [4.69, 9.17) is 4.98 Å². The molecule has 3 aromatic rings. The summed E-state index contributed by atoms with van der Waals surface area (Å²) in [6.45, 7) is 5.36. The number of fused-ring (bicyclic) bond motifs is 1. The average molecular weight is 364 g/mol. The van der Waals surface area contributed by atoms with E-state index in [1.54, 1.807) is 0 Å². The van der Waals surface area contributed by atoms with Crippen LogP contribution in [0.5, 0.6) is 0 Å². The molecule has 1 fully saturated rings. The van der Waals surface area contributed by atoms with Crippen LogP contribution >= 0.6 is 0 Å². The first-order chi connectivity index (χ1) is 13.2. The van der Waals surface area contributed by atoms with Crippen molar-refractivity contribution in [3.05, 3.63) is 54.0 Å². The molecule has 0 amide bonds. The Kier molecular flexibility index (Phi) is 5.39. The Morgan fingerprint density at radius 2 is 2.15 bits per heavy atom. The number of nitrogens with one attached hydrogen (secondary N) is 2. The van der Waals surface area contributed by atoms with Crippen LogP contribution in [0.3, 0.4) is 0 Å². The SMILES string of the molecule is Cc1cccc2[nH]c(C3CN(C)CCC3CCCNc3ccccn3)nc12. The van der Waals surface area contributed by atoms with Crippen LogP contribution in [-0.4, -0.2) is 46.5 Å². The number of piperidine rings is 1. The maximum atomic E-state index is 4.99. The number of nitrogens with zero attached hydrogens (tertiary/aromatic N) is 3. The Bertz CT molecular complexity index is 873. The van der Waals surface area contributed by atoms with Gasteiger partial charge in [-0.15, -0.1) is 0 Å². The molecule has 2 atom stereocenters. The van der Waals surface area contributed by atoms with E-state index in [-0.39, 0.29) is 0 Å². The van der Waals surface area contributed by atoms with Gasteiger partial charge in [-0.3, -0.25) is 0 Å². The van der Waals surface area contributed by atoms with Crippen LogP contribution in [0, 0.1) is 12.8 Å². The molecule has 2 aromatic heterocycles. The molecule has 1 aliphatic heterocycles. The Morgan fingerprint density at radius 1 is 1.22 bits per heavy atom. The molecule has 0 spiro atoms. The fourth-order valence-corrected chi connectivity index (χ4v) is 4.24. The Morgan fingerprint density at radius 3 is 2.96 bits per heavy atom. The molecule has 4 rings (SSSR count). The number of likely N-dealkylation sites (N-methyl/N-ethyl adjacent to an activating group) is 1. The molecule has 1 saturated heterocycles. The number of anilines is 1. The molecule has 0 saturated carbocycles. The molecule has 2 N–H and O–H groups in total. The van der Waals surface area contributed by atoms with Gasteiger partial charge in [-0.2, -0.15) is 0 Å². The van der Waals surface area contributed by atoms with Crippen LogP contribution in [0.25, 0.3) is 11.0 Å². The van der Waals surface area contributed by atoms with Crippen molar-refractivity contribution in [1.29, 1.82) is 0 Å². The fourth-order valence-electron chi connectivity index (χ4n) is 4.24. The topological polar surface area (TPSA) is 56.8 Å². The van der Waals surface area contributed by atoms with E-state index < -0.39 is 0 Å². The van der Waals surface area contributed by atoms with Crippen molar-refractivity contribution in [2.45, 2.75) is 32.1 Å². The fraction of sp³-hybridized carbons (Fsp3) is 0.455. The zero-order valence-corrected chi connectivity index (χ0v) is 16.3. The zero-order valence-electron chi connectivity index (χ0n) is 16.3. The van der Waals surface area contributed by atoms with Crippen LogP contribution in [-0.2, 0) is 0 Å².